The molecule has 0 saturated heterocycles. The summed E-state index contributed by atoms with van der Waals surface area (Å²) in [5, 5.41) is 7.51. The van der Waals surface area contributed by atoms with Gasteiger partial charge in [0.2, 0.25) is 0 Å². The van der Waals surface area contributed by atoms with E-state index in [4.69, 9.17) is 16.7 Å². The summed E-state index contributed by atoms with van der Waals surface area (Å²) in [5.41, 5.74) is 6.90. The monoisotopic (exact) mass is 558 g/mol. The molecule has 0 N–H and O–H groups in total. The summed E-state index contributed by atoms with van der Waals surface area (Å²) in [7, 11) is 8.18. The summed E-state index contributed by atoms with van der Waals surface area (Å²) in [5.74, 6) is 0.525. The second-order valence-electron chi connectivity index (χ2n) is 10.6. The van der Waals surface area contributed by atoms with Crippen LogP contribution in [0.25, 0.3) is 6.08 Å². The van der Waals surface area contributed by atoms with Crippen molar-refractivity contribution in [3.63, 3.8) is 0 Å². The van der Waals surface area contributed by atoms with Crippen LogP contribution in [0.5, 0.6) is 0 Å². The number of benzene rings is 3. The molecule has 0 spiro atoms. The minimum absolute atomic E-state index is 0.0215. The third kappa shape index (κ3) is 6.18. The van der Waals surface area contributed by atoms with Crippen LogP contribution in [0, 0.1) is 5.92 Å². The maximum atomic E-state index is 13.7. The van der Waals surface area contributed by atoms with Crippen molar-refractivity contribution in [2.75, 3.05) is 43.7 Å². The number of hydrogen-bond acceptors (Lipinski definition) is 5. The highest BCUT2D eigenvalue weighted by atomic mass is 35.5. The molecule has 2 unspecified atom stereocenters. The molecule has 1 saturated carbocycles. The zero-order valence-corrected chi connectivity index (χ0v) is 24.5. The van der Waals surface area contributed by atoms with Gasteiger partial charge >= 0.3 is 0 Å². The van der Waals surface area contributed by atoms with Gasteiger partial charge < -0.3 is 9.80 Å². The van der Waals surface area contributed by atoms with E-state index in [1.807, 2.05) is 38.4 Å². The van der Waals surface area contributed by atoms with Crippen LogP contribution in [-0.4, -0.2) is 50.6 Å². The van der Waals surface area contributed by atoms with E-state index in [-0.39, 0.29) is 17.9 Å². The van der Waals surface area contributed by atoms with Crippen LogP contribution in [-0.2, 0) is 4.79 Å². The maximum absolute atomic E-state index is 13.7. The molecule has 0 aromatic heterocycles. The zero-order valence-electron chi connectivity index (χ0n) is 23.0. The summed E-state index contributed by atoms with van der Waals surface area (Å²) in [4.78, 5) is 18.9. The predicted molar refractivity (Wildman–Crippen MR) is 166 cm³/mol. The highest BCUT2D eigenvalue weighted by Gasteiger charge is 2.43. The molecule has 3 aromatic rings. The number of carbonyl (C=O) groups excluding carboxylic acids is 1. The molecule has 1 aliphatic heterocycles. The van der Waals surface area contributed by atoms with Gasteiger partial charge in [-0.3, -0.25) is 4.79 Å². The molecule has 2 atom stereocenters. The second-order valence-corrected chi connectivity index (χ2v) is 12.0. The number of hydrazone groups is 1. The first-order valence-electron chi connectivity index (χ1n) is 13.3. The van der Waals surface area contributed by atoms with Crippen molar-refractivity contribution in [2.24, 2.45) is 11.0 Å². The molecule has 39 heavy (non-hydrogen) atoms. The third-order valence-electron chi connectivity index (χ3n) is 7.43. The fourth-order valence-corrected chi connectivity index (χ4v) is 6.20. The van der Waals surface area contributed by atoms with Gasteiger partial charge in [0.05, 0.1) is 17.5 Å². The van der Waals surface area contributed by atoms with Gasteiger partial charge in [0, 0.05) is 55.4 Å². The third-order valence-corrected chi connectivity index (χ3v) is 8.68. The van der Waals surface area contributed by atoms with Crippen LogP contribution in [0.2, 0.25) is 5.02 Å². The lowest BCUT2D eigenvalue weighted by Crippen LogP contribution is -2.32. The number of carbonyl (C=O) groups is 1. The first-order valence-corrected chi connectivity index (χ1v) is 14.7. The summed E-state index contributed by atoms with van der Waals surface area (Å²) >= 11 is 7.57. The predicted octanol–water partition coefficient (Wildman–Crippen LogP) is 7.39. The Balaban J connectivity index is 1.45. The Hall–Kier alpha value is -3.22. The first kappa shape index (κ1) is 27.4. The van der Waals surface area contributed by atoms with E-state index < -0.39 is 0 Å². The van der Waals surface area contributed by atoms with E-state index in [0.29, 0.717) is 10.8 Å². The van der Waals surface area contributed by atoms with E-state index in [9.17, 15) is 4.79 Å². The van der Waals surface area contributed by atoms with Gasteiger partial charge in [0.1, 0.15) is 0 Å². The molecule has 7 heteroatoms. The highest BCUT2D eigenvalue weighted by Crippen LogP contribution is 2.45. The lowest BCUT2D eigenvalue weighted by atomic mass is 9.77. The number of halogens is 1. The minimum atomic E-state index is -0.102. The Labute approximate surface area is 241 Å². The fourth-order valence-electron chi connectivity index (χ4n) is 5.32. The summed E-state index contributed by atoms with van der Waals surface area (Å²) in [6, 6.07) is 24.7. The average molecular weight is 559 g/mol. The molecule has 1 amide bonds. The summed E-state index contributed by atoms with van der Waals surface area (Å²) in [6.07, 6.45) is 5.33. The Bertz CT molecular complexity index is 1360. The van der Waals surface area contributed by atoms with Crippen LogP contribution < -0.4 is 9.80 Å². The molecule has 1 fully saturated rings. The fraction of sp³-hybridized carbons (Fsp3) is 0.312. The normalized spacial score (nSPS) is 19.6. The summed E-state index contributed by atoms with van der Waals surface area (Å²) < 4.78 is 0. The van der Waals surface area contributed by atoms with E-state index in [2.05, 4.69) is 78.5 Å². The smallest absolute Gasteiger partial charge is 0.253 e. The largest absolute Gasteiger partial charge is 0.378 e. The average Bonchev–Trinajstić information content (AvgIpc) is 3.34. The number of hydrogen-bond donors (Lipinski definition) is 0. The summed E-state index contributed by atoms with van der Waals surface area (Å²) in [6.45, 7) is 0. The molecular formula is C32H35ClN4OS. The van der Waals surface area contributed by atoms with Crippen molar-refractivity contribution in [1.82, 2.24) is 5.01 Å². The van der Waals surface area contributed by atoms with Crippen molar-refractivity contribution in [3.8, 4) is 0 Å². The molecule has 0 bridgehead atoms. The maximum Gasteiger partial charge on any atom is 0.253 e. The van der Waals surface area contributed by atoms with Crippen LogP contribution in [0.15, 0.2) is 88.4 Å². The van der Waals surface area contributed by atoms with Crippen LogP contribution >= 0.6 is 23.4 Å². The van der Waals surface area contributed by atoms with Crippen molar-refractivity contribution in [1.29, 1.82) is 0 Å². The van der Waals surface area contributed by atoms with Gasteiger partial charge in [-0.05, 0) is 90.6 Å². The number of nitrogens with zero attached hydrogens (tertiary/aromatic N) is 4. The lowest BCUT2D eigenvalue weighted by molar-refractivity contribution is -0.130. The molecule has 0 radical (unpaired) electrons. The van der Waals surface area contributed by atoms with Crippen molar-refractivity contribution >= 4 is 52.4 Å². The Morgan fingerprint density at radius 1 is 0.949 bits per heavy atom. The Morgan fingerprint density at radius 2 is 1.56 bits per heavy atom. The molecule has 1 heterocycles. The number of amides is 1. The van der Waals surface area contributed by atoms with E-state index >= 15 is 0 Å². The van der Waals surface area contributed by atoms with Crippen molar-refractivity contribution < 1.29 is 4.79 Å². The highest BCUT2D eigenvalue weighted by molar-refractivity contribution is 8.00. The van der Waals surface area contributed by atoms with Crippen LogP contribution in [0.3, 0.4) is 0 Å². The van der Waals surface area contributed by atoms with Gasteiger partial charge in [0.25, 0.3) is 5.91 Å². The minimum Gasteiger partial charge on any atom is -0.378 e. The molecule has 5 nitrogen and oxygen atoms in total. The Kier molecular flexibility index (Phi) is 8.34. The molecule has 1 aliphatic carbocycles. The SMILES string of the molecule is CN(C)c1ccc(/C=C2/CCCC3C2=NN(C(=O)CSc2ccc(Cl)cc2)C3c2ccc(N(C)C)cc2)cc1. The molecule has 5 rings (SSSR count). The van der Waals surface area contributed by atoms with Gasteiger partial charge in [-0.15, -0.1) is 11.8 Å². The van der Waals surface area contributed by atoms with E-state index in [1.54, 1.807) is 5.01 Å². The molecule has 2 aliphatic rings. The topological polar surface area (TPSA) is 39.1 Å². The van der Waals surface area contributed by atoms with Gasteiger partial charge in [-0.2, -0.15) is 5.10 Å². The van der Waals surface area contributed by atoms with Gasteiger partial charge in [-0.25, -0.2) is 5.01 Å². The zero-order chi connectivity index (χ0) is 27.5. The van der Waals surface area contributed by atoms with Crippen molar-refractivity contribution in [3.05, 3.63) is 94.5 Å². The van der Waals surface area contributed by atoms with Crippen LogP contribution in [0.4, 0.5) is 11.4 Å². The first-order chi connectivity index (χ1) is 18.8. The van der Waals surface area contributed by atoms with E-state index in [1.165, 1.54) is 23.0 Å². The second kappa shape index (κ2) is 11.9. The Morgan fingerprint density at radius 3 is 2.18 bits per heavy atom. The van der Waals surface area contributed by atoms with Gasteiger partial charge in [0.15, 0.2) is 0 Å². The number of thioether (sulfide) groups is 1. The van der Waals surface area contributed by atoms with Gasteiger partial charge in [-0.1, -0.05) is 35.9 Å². The molecular weight excluding hydrogens is 524 g/mol. The van der Waals surface area contributed by atoms with Crippen molar-refractivity contribution in [2.45, 2.75) is 30.2 Å². The number of anilines is 2. The standard InChI is InChI=1S/C32H35ClN4OS/c1-35(2)26-14-8-22(9-15-26)20-24-6-5-7-29-31(24)34-37(30(38)21-39-28-18-12-25(33)13-19-28)32(29)23-10-16-27(17-11-23)36(3)4/h8-20,29,32H,5-7,21H2,1-4H3/b24-20-. The lowest BCUT2D eigenvalue weighted by Gasteiger charge is -2.30. The number of allylic oxidation sites excluding steroid dienone is 1. The van der Waals surface area contributed by atoms with E-state index in [0.717, 1.165) is 46.7 Å². The number of rotatable bonds is 7. The van der Waals surface area contributed by atoms with Crippen LogP contribution in [0.1, 0.15) is 36.4 Å². The quantitative estimate of drug-likeness (QED) is 0.283. The molecule has 202 valence electrons. The molecule has 3 aromatic carbocycles. The number of fused-ring (bicyclic) bond motifs is 1.